The number of halogens is 1. The van der Waals surface area contributed by atoms with Gasteiger partial charge >= 0.3 is 0 Å². The SMILES string of the molecule is Cn1ccnc1CNC(=O)c1cccc(S(=O)(=O)Nc2ccc(Cl)cc2)c1. The molecule has 0 saturated heterocycles. The number of rotatable bonds is 6. The molecular weight excluding hydrogens is 388 g/mol. The molecule has 1 aromatic heterocycles. The van der Waals surface area contributed by atoms with Crippen molar-refractivity contribution in [2.24, 2.45) is 7.05 Å². The molecule has 0 radical (unpaired) electrons. The monoisotopic (exact) mass is 404 g/mol. The van der Waals surface area contributed by atoms with Crippen LogP contribution in [0.1, 0.15) is 16.2 Å². The van der Waals surface area contributed by atoms with E-state index in [0.29, 0.717) is 16.5 Å². The minimum absolute atomic E-state index is 0.0120. The number of hydrogen-bond donors (Lipinski definition) is 2. The Balaban J connectivity index is 1.74. The molecule has 1 amide bonds. The van der Waals surface area contributed by atoms with Crippen LogP contribution in [0.5, 0.6) is 0 Å². The highest BCUT2D eigenvalue weighted by Crippen LogP contribution is 2.19. The number of hydrogen-bond acceptors (Lipinski definition) is 4. The zero-order chi connectivity index (χ0) is 19.4. The molecule has 0 atom stereocenters. The first-order chi connectivity index (χ1) is 12.8. The van der Waals surface area contributed by atoms with Gasteiger partial charge in [-0.1, -0.05) is 17.7 Å². The Bertz CT molecular complexity index is 1060. The zero-order valence-electron chi connectivity index (χ0n) is 14.4. The number of anilines is 1. The molecule has 0 aliphatic heterocycles. The standard InChI is InChI=1S/C18H17ClN4O3S/c1-23-10-9-20-17(23)12-21-18(24)13-3-2-4-16(11-13)27(25,26)22-15-7-5-14(19)6-8-15/h2-11,22H,12H2,1H3,(H,21,24). The van der Waals surface area contributed by atoms with Crippen LogP contribution in [0.25, 0.3) is 0 Å². The summed E-state index contributed by atoms with van der Waals surface area (Å²) in [5, 5.41) is 3.23. The summed E-state index contributed by atoms with van der Waals surface area (Å²) in [5.41, 5.74) is 0.618. The normalized spacial score (nSPS) is 11.2. The highest BCUT2D eigenvalue weighted by Gasteiger charge is 2.17. The van der Waals surface area contributed by atoms with Crippen molar-refractivity contribution in [1.82, 2.24) is 14.9 Å². The summed E-state index contributed by atoms with van der Waals surface area (Å²) in [6, 6.07) is 12.1. The van der Waals surface area contributed by atoms with Crippen LogP contribution in [0.3, 0.4) is 0 Å². The van der Waals surface area contributed by atoms with Crippen molar-refractivity contribution < 1.29 is 13.2 Å². The summed E-state index contributed by atoms with van der Waals surface area (Å²) < 4.78 is 29.4. The number of amides is 1. The highest BCUT2D eigenvalue weighted by atomic mass is 35.5. The molecule has 0 fully saturated rings. The number of nitrogens with one attached hydrogen (secondary N) is 2. The van der Waals surface area contributed by atoms with Gasteiger partial charge in [0.1, 0.15) is 5.82 Å². The van der Waals surface area contributed by atoms with Crippen molar-refractivity contribution in [2.75, 3.05) is 4.72 Å². The van der Waals surface area contributed by atoms with Crippen molar-refractivity contribution in [3.8, 4) is 0 Å². The van der Waals surface area contributed by atoms with Gasteiger partial charge < -0.3 is 9.88 Å². The van der Waals surface area contributed by atoms with E-state index in [1.165, 1.54) is 18.2 Å². The third kappa shape index (κ3) is 4.66. The second-order valence-electron chi connectivity index (χ2n) is 5.78. The molecule has 0 spiro atoms. The number of benzene rings is 2. The molecule has 3 rings (SSSR count). The average Bonchev–Trinajstić information content (AvgIpc) is 3.06. The molecule has 27 heavy (non-hydrogen) atoms. The molecule has 1 heterocycles. The maximum atomic E-state index is 12.6. The molecule has 0 saturated carbocycles. The topological polar surface area (TPSA) is 93.1 Å². The molecule has 2 N–H and O–H groups in total. The number of nitrogens with zero attached hydrogens (tertiary/aromatic N) is 2. The van der Waals surface area contributed by atoms with Gasteiger partial charge in [0.05, 0.1) is 11.4 Å². The fraction of sp³-hybridized carbons (Fsp3) is 0.111. The first kappa shape index (κ1) is 18.9. The van der Waals surface area contributed by atoms with Crippen LogP contribution in [0, 0.1) is 0 Å². The Morgan fingerprint density at radius 2 is 1.93 bits per heavy atom. The largest absolute Gasteiger partial charge is 0.345 e. The molecule has 7 nitrogen and oxygen atoms in total. The number of aromatic nitrogens is 2. The van der Waals surface area contributed by atoms with Crippen LogP contribution in [-0.2, 0) is 23.6 Å². The number of aryl methyl sites for hydroxylation is 1. The Morgan fingerprint density at radius 1 is 1.19 bits per heavy atom. The molecular formula is C18H17ClN4O3S. The maximum absolute atomic E-state index is 12.6. The van der Waals surface area contributed by atoms with Crippen molar-refractivity contribution in [3.05, 3.63) is 77.3 Å². The van der Waals surface area contributed by atoms with E-state index < -0.39 is 10.0 Å². The molecule has 0 unspecified atom stereocenters. The lowest BCUT2D eigenvalue weighted by Crippen LogP contribution is -2.24. The van der Waals surface area contributed by atoms with Gasteiger partial charge in [-0.2, -0.15) is 0 Å². The first-order valence-corrected chi connectivity index (χ1v) is 9.84. The average molecular weight is 405 g/mol. The lowest BCUT2D eigenvalue weighted by Gasteiger charge is -2.10. The molecule has 3 aromatic rings. The summed E-state index contributed by atoms with van der Waals surface area (Å²) in [5.74, 6) is 0.304. The number of sulfonamides is 1. The van der Waals surface area contributed by atoms with Gasteiger partial charge in [-0.15, -0.1) is 0 Å². The lowest BCUT2D eigenvalue weighted by molar-refractivity contribution is 0.0949. The summed E-state index contributed by atoms with van der Waals surface area (Å²) in [7, 11) is -2.01. The van der Waals surface area contributed by atoms with Gasteiger partial charge in [-0.25, -0.2) is 13.4 Å². The maximum Gasteiger partial charge on any atom is 0.261 e. The van der Waals surface area contributed by atoms with E-state index >= 15 is 0 Å². The molecule has 0 aliphatic carbocycles. The number of carbonyl (C=O) groups is 1. The summed E-state index contributed by atoms with van der Waals surface area (Å²) in [6.07, 6.45) is 3.41. The van der Waals surface area contributed by atoms with E-state index in [9.17, 15) is 13.2 Å². The summed E-state index contributed by atoms with van der Waals surface area (Å²) in [6.45, 7) is 0.238. The van der Waals surface area contributed by atoms with Crippen LogP contribution in [0.4, 0.5) is 5.69 Å². The van der Waals surface area contributed by atoms with E-state index in [4.69, 9.17) is 11.6 Å². The Labute approximate surface area is 162 Å². The van der Waals surface area contributed by atoms with Crippen molar-refractivity contribution in [3.63, 3.8) is 0 Å². The molecule has 140 valence electrons. The predicted octanol–water partition coefficient (Wildman–Crippen LogP) is 2.80. The van der Waals surface area contributed by atoms with Crippen LogP contribution >= 0.6 is 11.6 Å². The van der Waals surface area contributed by atoms with Gasteiger partial charge in [0.15, 0.2) is 0 Å². The van der Waals surface area contributed by atoms with Gasteiger partial charge in [0, 0.05) is 35.7 Å². The van der Waals surface area contributed by atoms with E-state index in [-0.39, 0.29) is 22.9 Å². The fourth-order valence-corrected chi connectivity index (χ4v) is 3.59. The minimum atomic E-state index is -3.84. The molecule has 9 heteroatoms. The third-order valence-corrected chi connectivity index (χ3v) is 5.46. The van der Waals surface area contributed by atoms with E-state index in [2.05, 4.69) is 15.0 Å². The fourth-order valence-electron chi connectivity index (χ4n) is 2.36. The van der Waals surface area contributed by atoms with Crippen LogP contribution in [-0.4, -0.2) is 23.9 Å². The Morgan fingerprint density at radius 3 is 2.59 bits per heavy atom. The van der Waals surface area contributed by atoms with Crippen LogP contribution in [0.2, 0.25) is 5.02 Å². The Hall–Kier alpha value is -2.84. The van der Waals surface area contributed by atoms with Gasteiger partial charge in [0.25, 0.3) is 15.9 Å². The van der Waals surface area contributed by atoms with Gasteiger partial charge in [-0.3, -0.25) is 9.52 Å². The van der Waals surface area contributed by atoms with Crippen molar-refractivity contribution >= 4 is 33.2 Å². The van der Waals surface area contributed by atoms with Crippen molar-refractivity contribution in [2.45, 2.75) is 11.4 Å². The highest BCUT2D eigenvalue weighted by molar-refractivity contribution is 7.92. The smallest absolute Gasteiger partial charge is 0.261 e. The van der Waals surface area contributed by atoms with Crippen molar-refractivity contribution in [1.29, 1.82) is 0 Å². The van der Waals surface area contributed by atoms with E-state index in [0.717, 1.165) is 0 Å². The number of imidazole rings is 1. The quantitative estimate of drug-likeness (QED) is 0.660. The van der Waals surface area contributed by atoms with Gasteiger partial charge in [0.2, 0.25) is 0 Å². The minimum Gasteiger partial charge on any atom is -0.345 e. The van der Waals surface area contributed by atoms with Crippen LogP contribution < -0.4 is 10.0 Å². The molecule has 0 bridgehead atoms. The van der Waals surface area contributed by atoms with E-state index in [1.807, 2.05) is 7.05 Å². The first-order valence-electron chi connectivity index (χ1n) is 7.98. The predicted molar refractivity (Wildman–Crippen MR) is 103 cm³/mol. The zero-order valence-corrected chi connectivity index (χ0v) is 16.0. The summed E-state index contributed by atoms with van der Waals surface area (Å²) >= 11 is 5.80. The third-order valence-electron chi connectivity index (χ3n) is 3.83. The second-order valence-corrected chi connectivity index (χ2v) is 7.90. The summed E-state index contributed by atoms with van der Waals surface area (Å²) in [4.78, 5) is 16.5. The van der Waals surface area contributed by atoms with E-state index in [1.54, 1.807) is 47.3 Å². The number of carbonyl (C=O) groups excluding carboxylic acids is 1. The molecule has 0 aliphatic rings. The Kier molecular flexibility index (Phi) is 5.48. The van der Waals surface area contributed by atoms with Gasteiger partial charge in [-0.05, 0) is 42.5 Å². The lowest BCUT2D eigenvalue weighted by atomic mass is 10.2. The van der Waals surface area contributed by atoms with Crippen LogP contribution in [0.15, 0.2) is 65.8 Å². The molecule has 2 aromatic carbocycles. The second kappa shape index (κ2) is 7.81.